The number of carbonyl (C=O) groups is 2. The van der Waals surface area contributed by atoms with Gasteiger partial charge in [0, 0.05) is 28.4 Å². The monoisotopic (exact) mass is 394 g/mol. The number of hydrogen-bond acceptors (Lipinski definition) is 3. The van der Waals surface area contributed by atoms with E-state index in [1.54, 1.807) is 32.0 Å². The molecule has 0 saturated carbocycles. The molecule has 0 aromatic heterocycles. The molecule has 0 bridgehead atoms. The summed E-state index contributed by atoms with van der Waals surface area (Å²) in [5.41, 5.74) is 1.40. The van der Waals surface area contributed by atoms with E-state index in [4.69, 9.17) is 11.6 Å². The molecule has 3 rings (SSSR count). The van der Waals surface area contributed by atoms with Gasteiger partial charge in [-0.25, -0.2) is 0 Å². The maximum Gasteiger partial charge on any atom is 0.387 e. The summed E-state index contributed by atoms with van der Waals surface area (Å²) >= 11 is 5.89. The lowest BCUT2D eigenvalue weighted by molar-refractivity contribution is -0.119. The summed E-state index contributed by atoms with van der Waals surface area (Å²) in [6, 6.07) is 9.13. The van der Waals surface area contributed by atoms with Crippen LogP contribution >= 0.6 is 11.6 Å². The minimum absolute atomic E-state index is 0.0453. The molecule has 2 aromatic carbocycles. The molecule has 5 nitrogen and oxygen atoms in total. The van der Waals surface area contributed by atoms with Gasteiger partial charge < -0.3 is 15.4 Å². The standard InChI is InChI=1S/C19H17ClF2N2O3/c1-19(2)13-5-3-10(8-14(13)24-17(19)26)16(25)23-9-11-7-12(20)4-6-15(11)27-18(21)22/h3-8,18H,9H2,1-2H3,(H,23,25)(H,24,26). The van der Waals surface area contributed by atoms with Gasteiger partial charge >= 0.3 is 6.61 Å². The molecular weight excluding hydrogens is 378 g/mol. The summed E-state index contributed by atoms with van der Waals surface area (Å²) in [5.74, 6) is -0.611. The number of nitrogens with one attached hydrogen (secondary N) is 2. The number of benzene rings is 2. The minimum atomic E-state index is -2.98. The molecule has 0 aliphatic carbocycles. The van der Waals surface area contributed by atoms with Gasteiger partial charge in [0.15, 0.2) is 0 Å². The van der Waals surface area contributed by atoms with Crippen LogP contribution in [0.3, 0.4) is 0 Å². The molecule has 142 valence electrons. The highest BCUT2D eigenvalue weighted by molar-refractivity contribution is 6.30. The summed E-state index contributed by atoms with van der Waals surface area (Å²) in [6.07, 6.45) is 0. The van der Waals surface area contributed by atoms with Crippen molar-refractivity contribution < 1.29 is 23.1 Å². The van der Waals surface area contributed by atoms with Crippen molar-refractivity contribution >= 4 is 29.1 Å². The maximum absolute atomic E-state index is 12.5. The minimum Gasteiger partial charge on any atom is -0.434 e. The topological polar surface area (TPSA) is 67.4 Å². The number of carbonyl (C=O) groups excluding carboxylic acids is 2. The molecule has 1 aliphatic heterocycles. The van der Waals surface area contributed by atoms with Gasteiger partial charge in [-0.15, -0.1) is 0 Å². The zero-order valence-electron chi connectivity index (χ0n) is 14.6. The molecule has 0 atom stereocenters. The molecular formula is C19H17ClF2N2O3. The lowest BCUT2D eigenvalue weighted by Gasteiger charge is -2.15. The van der Waals surface area contributed by atoms with Crippen LogP contribution in [-0.4, -0.2) is 18.4 Å². The molecule has 1 heterocycles. The zero-order chi connectivity index (χ0) is 19.8. The van der Waals surface area contributed by atoms with Crippen LogP contribution in [0.25, 0.3) is 0 Å². The first-order chi connectivity index (χ1) is 12.7. The van der Waals surface area contributed by atoms with Crippen LogP contribution in [0.4, 0.5) is 14.5 Å². The van der Waals surface area contributed by atoms with E-state index in [-0.39, 0.29) is 18.2 Å². The fourth-order valence-electron chi connectivity index (χ4n) is 2.91. The number of amides is 2. The molecule has 2 amide bonds. The third-order valence-corrected chi connectivity index (χ3v) is 4.68. The highest BCUT2D eigenvalue weighted by Crippen LogP contribution is 2.37. The van der Waals surface area contributed by atoms with Gasteiger partial charge in [-0.2, -0.15) is 8.78 Å². The van der Waals surface area contributed by atoms with Crippen molar-refractivity contribution in [1.82, 2.24) is 5.32 Å². The van der Waals surface area contributed by atoms with E-state index in [0.717, 1.165) is 5.56 Å². The third kappa shape index (κ3) is 3.88. The van der Waals surface area contributed by atoms with Gasteiger partial charge in [0.25, 0.3) is 5.91 Å². The average Bonchev–Trinajstić information content (AvgIpc) is 2.83. The van der Waals surface area contributed by atoms with E-state index in [1.807, 2.05) is 0 Å². The first-order valence-electron chi connectivity index (χ1n) is 8.16. The largest absolute Gasteiger partial charge is 0.434 e. The van der Waals surface area contributed by atoms with Crippen molar-refractivity contribution in [2.75, 3.05) is 5.32 Å². The van der Waals surface area contributed by atoms with Crippen molar-refractivity contribution in [3.05, 3.63) is 58.1 Å². The van der Waals surface area contributed by atoms with Crippen LogP contribution in [0, 0.1) is 0 Å². The summed E-state index contributed by atoms with van der Waals surface area (Å²) in [5, 5.41) is 5.74. The smallest absolute Gasteiger partial charge is 0.387 e. The first kappa shape index (κ1) is 19.1. The summed E-state index contributed by atoms with van der Waals surface area (Å²) in [4.78, 5) is 24.4. The first-order valence-corrected chi connectivity index (χ1v) is 8.53. The van der Waals surface area contributed by atoms with Crippen LogP contribution in [0.2, 0.25) is 5.02 Å². The van der Waals surface area contributed by atoms with Crippen molar-refractivity contribution in [2.24, 2.45) is 0 Å². The second kappa shape index (κ2) is 7.15. The number of anilines is 1. The van der Waals surface area contributed by atoms with Crippen LogP contribution in [0.1, 0.15) is 35.3 Å². The molecule has 0 radical (unpaired) electrons. The van der Waals surface area contributed by atoms with Gasteiger partial charge in [-0.3, -0.25) is 9.59 Å². The Balaban J connectivity index is 1.75. The number of hydrogen-bond donors (Lipinski definition) is 2. The second-order valence-corrected chi connectivity index (χ2v) is 7.09. The predicted molar refractivity (Wildman–Crippen MR) is 97.4 cm³/mol. The van der Waals surface area contributed by atoms with Gasteiger partial charge in [0.05, 0.1) is 5.41 Å². The maximum atomic E-state index is 12.5. The fraction of sp³-hybridized carbons (Fsp3) is 0.263. The predicted octanol–water partition coefficient (Wildman–Crippen LogP) is 4.10. The van der Waals surface area contributed by atoms with Crippen molar-refractivity contribution in [3.63, 3.8) is 0 Å². The van der Waals surface area contributed by atoms with Crippen LogP contribution < -0.4 is 15.4 Å². The van der Waals surface area contributed by atoms with E-state index in [1.165, 1.54) is 18.2 Å². The van der Waals surface area contributed by atoms with Gasteiger partial charge in [0.2, 0.25) is 5.91 Å². The van der Waals surface area contributed by atoms with E-state index < -0.39 is 17.9 Å². The second-order valence-electron chi connectivity index (χ2n) is 6.65. The Bertz CT molecular complexity index is 916. The molecule has 8 heteroatoms. The number of ether oxygens (including phenoxy) is 1. The Labute approximate surface area is 159 Å². The number of fused-ring (bicyclic) bond motifs is 1. The molecule has 2 N–H and O–H groups in total. The van der Waals surface area contributed by atoms with Crippen LogP contribution in [0.15, 0.2) is 36.4 Å². The molecule has 0 saturated heterocycles. The van der Waals surface area contributed by atoms with Crippen molar-refractivity contribution in [1.29, 1.82) is 0 Å². The highest BCUT2D eigenvalue weighted by Gasteiger charge is 2.38. The van der Waals surface area contributed by atoms with Crippen molar-refractivity contribution in [2.45, 2.75) is 32.4 Å². The van der Waals surface area contributed by atoms with Crippen LogP contribution in [-0.2, 0) is 16.8 Å². The SMILES string of the molecule is CC1(C)C(=O)Nc2cc(C(=O)NCc3cc(Cl)ccc3OC(F)F)ccc21. The third-order valence-electron chi connectivity index (χ3n) is 4.45. The van der Waals surface area contributed by atoms with E-state index >= 15 is 0 Å². The van der Waals surface area contributed by atoms with E-state index in [9.17, 15) is 18.4 Å². The number of alkyl halides is 2. The molecule has 2 aromatic rings. The van der Waals surface area contributed by atoms with Crippen molar-refractivity contribution in [3.8, 4) is 5.75 Å². The fourth-order valence-corrected chi connectivity index (χ4v) is 3.10. The van der Waals surface area contributed by atoms with Gasteiger partial charge in [0.1, 0.15) is 5.75 Å². The van der Waals surface area contributed by atoms with E-state index in [0.29, 0.717) is 21.8 Å². The normalized spacial score (nSPS) is 14.7. The Kier molecular flexibility index (Phi) is 5.06. The van der Waals surface area contributed by atoms with Gasteiger partial charge in [-0.05, 0) is 49.7 Å². The molecule has 27 heavy (non-hydrogen) atoms. The number of rotatable bonds is 5. The zero-order valence-corrected chi connectivity index (χ0v) is 15.4. The molecule has 0 spiro atoms. The Morgan fingerprint density at radius 3 is 2.70 bits per heavy atom. The van der Waals surface area contributed by atoms with Gasteiger partial charge in [-0.1, -0.05) is 17.7 Å². The lowest BCUT2D eigenvalue weighted by Crippen LogP contribution is -2.26. The average molecular weight is 395 g/mol. The van der Waals surface area contributed by atoms with E-state index in [2.05, 4.69) is 15.4 Å². The highest BCUT2D eigenvalue weighted by atomic mass is 35.5. The quantitative estimate of drug-likeness (QED) is 0.802. The Morgan fingerprint density at radius 2 is 2.00 bits per heavy atom. The Morgan fingerprint density at radius 1 is 1.26 bits per heavy atom. The molecule has 0 unspecified atom stereocenters. The molecule has 1 aliphatic rings. The lowest BCUT2D eigenvalue weighted by atomic mass is 9.86. The summed E-state index contributed by atoms with van der Waals surface area (Å²) < 4.78 is 29.5. The Hall–Kier alpha value is -2.67. The summed E-state index contributed by atoms with van der Waals surface area (Å²) in [7, 11) is 0. The number of halogens is 3. The van der Waals surface area contributed by atoms with Crippen LogP contribution in [0.5, 0.6) is 5.75 Å². The molecule has 0 fully saturated rings. The summed E-state index contributed by atoms with van der Waals surface area (Å²) in [6.45, 7) is 0.579.